The van der Waals surface area contributed by atoms with E-state index >= 15 is 0 Å². The highest BCUT2D eigenvalue weighted by Crippen LogP contribution is 2.16. The Bertz CT molecular complexity index is 1170. The lowest BCUT2D eigenvalue weighted by atomic mass is 10.0. The van der Waals surface area contributed by atoms with E-state index in [1.54, 1.807) is 0 Å². The lowest BCUT2D eigenvalue weighted by molar-refractivity contribution is -0.167. The highest BCUT2D eigenvalue weighted by molar-refractivity contribution is 5.71. The van der Waals surface area contributed by atoms with Crippen LogP contribution in [0.5, 0.6) is 0 Å². The average molecular weight is 940 g/mol. The van der Waals surface area contributed by atoms with Crippen molar-refractivity contribution in [1.29, 1.82) is 0 Å². The van der Waals surface area contributed by atoms with E-state index in [0.29, 0.717) is 19.3 Å². The van der Waals surface area contributed by atoms with Crippen molar-refractivity contribution in [2.75, 3.05) is 13.2 Å². The molecular weight excluding hydrogens is 829 g/mol. The molecular formula is C61H110O6. The fraction of sp³-hybridized carbons (Fsp3) is 0.820. The van der Waals surface area contributed by atoms with E-state index in [4.69, 9.17) is 14.2 Å². The number of rotatable bonds is 53. The molecule has 0 aromatic rings. The van der Waals surface area contributed by atoms with Crippen LogP contribution in [0.1, 0.15) is 303 Å². The number of hydrogen-bond donors (Lipinski definition) is 0. The molecule has 0 rings (SSSR count). The normalized spacial score (nSPS) is 12.3. The summed E-state index contributed by atoms with van der Waals surface area (Å²) in [4.78, 5) is 38.1. The van der Waals surface area contributed by atoms with Crippen molar-refractivity contribution < 1.29 is 28.6 Å². The van der Waals surface area contributed by atoms with Gasteiger partial charge in [-0.05, 0) is 83.5 Å². The molecule has 0 saturated carbocycles. The highest BCUT2D eigenvalue weighted by Gasteiger charge is 2.19. The van der Waals surface area contributed by atoms with Crippen molar-refractivity contribution in [3.8, 4) is 0 Å². The van der Waals surface area contributed by atoms with E-state index in [2.05, 4.69) is 69.4 Å². The topological polar surface area (TPSA) is 78.9 Å². The first-order valence-electron chi connectivity index (χ1n) is 29.1. The number of carbonyl (C=O) groups excluding carboxylic acids is 3. The first-order valence-corrected chi connectivity index (χ1v) is 29.1. The predicted molar refractivity (Wildman–Crippen MR) is 289 cm³/mol. The molecule has 0 saturated heterocycles. The number of unbranched alkanes of at least 4 members (excludes halogenated alkanes) is 34. The maximum absolute atomic E-state index is 12.8. The minimum Gasteiger partial charge on any atom is -0.462 e. The number of ether oxygens (including phenoxy) is 3. The molecule has 0 amide bonds. The van der Waals surface area contributed by atoms with E-state index in [0.717, 1.165) is 89.9 Å². The van der Waals surface area contributed by atoms with Crippen LogP contribution in [0.2, 0.25) is 0 Å². The Balaban J connectivity index is 4.39. The molecule has 6 nitrogen and oxygen atoms in total. The molecule has 0 aliphatic rings. The van der Waals surface area contributed by atoms with Gasteiger partial charge in [0, 0.05) is 19.3 Å². The summed E-state index contributed by atoms with van der Waals surface area (Å²) < 4.78 is 16.9. The summed E-state index contributed by atoms with van der Waals surface area (Å²) in [5.74, 6) is -0.898. The standard InChI is InChI=1S/C61H110O6/c1-4-7-10-13-16-19-22-25-28-30-32-33-36-39-42-45-48-51-54-60(63)66-57-58(56-65-59(62)53-50-47-44-41-38-35-27-24-21-18-15-12-9-6-3)67-61(64)55-52-49-46-43-40-37-34-31-29-26-23-20-17-14-11-8-5-2/h17,20,24,26-27,29,34,37,58H,4-16,18-19,21-23,25,28,30-33,35-36,38-57H2,1-3H3/b20-17+,27-24+,29-26+,37-34+/t58-/m1/s1. The van der Waals surface area contributed by atoms with Crippen LogP contribution in [0.3, 0.4) is 0 Å². The van der Waals surface area contributed by atoms with Crippen LogP contribution >= 0.6 is 0 Å². The Morgan fingerprint density at radius 3 is 0.881 bits per heavy atom. The van der Waals surface area contributed by atoms with Gasteiger partial charge in [0.25, 0.3) is 0 Å². The smallest absolute Gasteiger partial charge is 0.306 e. The quantitative estimate of drug-likeness (QED) is 0.0262. The monoisotopic (exact) mass is 939 g/mol. The molecule has 0 unspecified atom stereocenters. The molecule has 6 heteroatoms. The van der Waals surface area contributed by atoms with Gasteiger partial charge in [0.05, 0.1) is 0 Å². The van der Waals surface area contributed by atoms with E-state index in [9.17, 15) is 14.4 Å². The number of hydrogen-bond acceptors (Lipinski definition) is 6. The Kier molecular flexibility index (Phi) is 53.8. The van der Waals surface area contributed by atoms with Crippen LogP contribution in [0.4, 0.5) is 0 Å². The Morgan fingerprint density at radius 1 is 0.299 bits per heavy atom. The summed E-state index contributed by atoms with van der Waals surface area (Å²) in [6, 6.07) is 0. The molecule has 0 aromatic carbocycles. The van der Waals surface area contributed by atoms with Gasteiger partial charge in [0.15, 0.2) is 6.10 Å². The van der Waals surface area contributed by atoms with Gasteiger partial charge >= 0.3 is 17.9 Å². The van der Waals surface area contributed by atoms with Crippen LogP contribution in [0, 0.1) is 0 Å². The van der Waals surface area contributed by atoms with Crippen molar-refractivity contribution in [3.63, 3.8) is 0 Å². The zero-order chi connectivity index (χ0) is 48.6. The van der Waals surface area contributed by atoms with Crippen LogP contribution in [-0.2, 0) is 28.6 Å². The summed E-state index contributed by atoms with van der Waals surface area (Å²) in [5.41, 5.74) is 0. The molecule has 67 heavy (non-hydrogen) atoms. The zero-order valence-electron chi connectivity index (χ0n) is 44.7. The predicted octanol–water partition coefficient (Wildman–Crippen LogP) is 19.4. The minimum atomic E-state index is -0.786. The first kappa shape index (κ1) is 64.4. The molecule has 0 N–H and O–H groups in total. The second-order valence-corrected chi connectivity index (χ2v) is 19.6. The van der Waals surface area contributed by atoms with Crippen molar-refractivity contribution in [3.05, 3.63) is 48.6 Å². The first-order chi connectivity index (χ1) is 33.0. The number of esters is 3. The Labute approximate surface area is 416 Å². The van der Waals surface area contributed by atoms with Gasteiger partial charge in [-0.25, -0.2) is 0 Å². The van der Waals surface area contributed by atoms with Crippen molar-refractivity contribution in [1.82, 2.24) is 0 Å². The van der Waals surface area contributed by atoms with E-state index in [1.165, 1.54) is 173 Å². The molecule has 0 heterocycles. The molecule has 0 fully saturated rings. The largest absolute Gasteiger partial charge is 0.462 e. The van der Waals surface area contributed by atoms with Crippen molar-refractivity contribution in [2.45, 2.75) is 309 Å². The third-order valence-corrected chi connectivity index (χ3v) is 12.8. The van der Waals surface area contributed by atoms with Crippen molar-refractivity contribution in [2.24, 2.45) is 0 Å². The third-order valence-electron chi connectivity index (χ3n) is 12.8. The zero-order valence-corrected chi connectivity index (χ0v) is 44.7. The van der Waals surface area contributed by atoms with Gasteiger partial charge in [-0.1, -0.05) is 249 Å². The molecule has 0 aromatic heterocycles. The lowest BCUT2D eigenvalue weighted by Gasteiger charge is -2.18. The summed E-state index contributed by atoms with van der Waals surface area (Å²) in [6.45, 7) is 6.61. The fourth-order valence-corrected chi connectivity index (χ4v) is 8.39. The molecule has 0 aliphatic carbocycles. The maximum Gasteiger partial charge on any atom is 0.306 e. The van der Waals surface area contributed by atoms with Crippen LogP contribution in [-0.4, -0.2) is 37.2 Å². The average Bonchev–Trinajstić information content (AvgIpc) is 3.33. The summed E-state index contributed by atoms with van der Waals surface area (Å²) >= 11 is 0. The van der Waals surface area contributed by atoms with Crippen LogP contribution in [0.25, 0.3) is 0 Å². The fourth-order valence-electron chi connectivity index (χ4n) is 8.39. The van der Waals surface area contributed by atoms with E-state index in [1.807, 2.05) is 0 Å². The van der Waals surface area contributed by atoms with E-state index in [-0.39, 0.29) is 31.1 Å². The highest BCUT2D eigenvalue weighted by atomic mass is 16.6. The number of allylic oxidation sites excluding steroid dienone is 8. The lowest BCUT2D eigenvalue weighted by Crippen LogP contribution is -2.30. The second-order valence-electron chi connectivity index (χ2n) is 19.6. The molecule has 0 radical (unpaired) electrons. The van der Waals surface area contributed by atoms with Gasteiger partial charge in [-0.15, -0.1) is 0 Å². The summed E-state index contributed by atoms with van der Waals surface area (Å²) in [6.07, 6.45) is 68.1. The second kappa shape index (κ2) is 56.0. The third kappa shape index (κ3) is 54.2. The molecule has 1 atom stereocenters. The molecule has 390 valence electrons. The SMILES string of the molecule is CCCCC/C=C/C/C=C/C/C=C/CCCCCCC(=O)O[C@H](COC(=O)CCCCCCC/C=C/CCCCCCC)COC(=O)CCCCCCCCCCCCCCCCCCCC. The maximum atomic E-state index is 12.8. The summed E-state index contributed by atoms with van der Waals surface area (Å²) in [5, 5.41) is 0. The molecule has 0 aliphatic heterocycles. The summed E-state index contributed by atoms with van der Waals surface area (Å²) in [7, 11) is 0. The van der Waals surface area contributed by atoms with Gasteiger partial charge in [-0.2, -0.15) is 0 Å². The van der Waals surface area contributed by atoms with Crippen LogP contribution in [0.15, 0.2) is 48.6 Å². The molecule has 0 bridgehead atoms. The van der Waals surface area contributed by atoms with Gasteiger partial charge in [-0.3, -0.25) is 14.4 Å². The number of carbonyl (C=O) groups is 3. The van der Waals surface area contributed by atoms with Gasteiger partial charge in [0.2, 0.25) is 0 Å². The minimum absolute atomic E-state index is 0.0819. The van der Waals surface area contributed by atoms with Crippen LogP contribution < -0.4 is 0 Å². The Hall–Kier alpha value is -2.63. The van der Waals surface area contributed by atoms with E-state index < -0.39 is 6.10 Å². The van der Waals surface area contributed by atoms with Gasteiger partial charge in [0.1, 0.15) is 13.2 Å². The van der Waals surface area contributed by atoms with Crippen molar-refractivity contribution >= 4 is 17.9 Å². The molecule has 0 spiro atoms. The Morgan fingerprint density at radius 2 is 0.537 bits per heavy atom. The van der Waals surface area contributed by atoms with Gasteiger partial charge < -0.3 is 14.2 Å².